The summed E-state index contributed by atoms with van der Waals surface area (Å²) in [6.45, 7) is 0.485. The fraction of sp³-hybridized carbons (Fsp3) is 0.240. The highest BCUT2D eigenvalue weighted by atomic mass is 79.9. The van der Waals surface area contributed by atoms with Gasteiger partial charge in [-0.25, -0.2) is 13.4 Å². The SMILES string of the molecule is O=C(Nc1cccc(Br)n1)c1ccc(CN([C@@H]2CCCCNC2=O)S(=O)(=O)c2ccc(Cl)cc2)cc1. The second kappa shape index (κ2) is 11.5. The number of aromatic nitrogens is 1. The topological polar surface area (TPSA) is 108 Å². The Kier molecular flexibility index (Phi) is 8.40. The summed E-state index contributed by atoms with van der Waals surface area (Å²) >= 11 is 9.22. The lowest BCUT2D eigenvalue weighted by atomic mass is 10.1. The number of nitrogens with zero attached hydrogens (tertiary/aromatic N) is 2. The van der Waals surface area contributed by atoms with Gasteiger partial charge in [0.2, 0.25) is 15.9 Å². The van der Waals surface area contributed by atoms with Gasteiger partial charge in [-0.1, -0.05) is 29.8 Å². The fourth-order valence-electron chi connectivity index (χ4n) is 3.91. The summed E-state index contributed by atoms with van der Waals surface area (Å²) in [6.07, 6.45) is 1.92. The molecule has 1 aliphatic rings. The summed E-state index contributed by atoms with van der Waals surface area (Å²) in [5.74, 6) is -0.262. The van der Waals surface area contributed by atoms with Crippen molar-refractivity contribution >= 4 is 55.2 Å². The van der Waals surface area contributed by atoms with Crippen LogP contribution in [0.1, 0.15) is 35.2 Å². The number of anilines is 1. The predicted octanol–water partition coefficient (Wildman–Crippen LogP) is 4.61. The Morgan fingerprint density at radius 3 is 2.50 bits per heavy atom. The number of pyridine rings is 1. The minimum Gasteiger partial charge on any atom is -0.355 e. The molecule has 4 rings (SSSR count). The van der Waals surface area contributed by atoms with Crippen LogP contribution in [-0.2, 0) is 21.4 Å². The first-order valence-corrected chi connectivity index (χ1v) is 13.9. The van der Waals surface area contributed by atoms with Gasteiger partial charge in [-0.3, -0.25) is 9.59 Å². The third-order valence-electron chi connectivity index (χ3n) is 5.79. The normalized spacial score (nSPS) is 16.3. The molecule has 1 saturated heterocycles. The van der Waals surface area contributed by atoms with Crippen molar-refractivity contribution in [1.82, 2.24) is 14.6 Å². The van der Waals surface area contributed by atoms with Crippen LogP contribution in [0.2, 0.25) is 5.02 Å². The molecule has 2 amide bonds. The van der Waals surface area contributed by atoms with E-state index in [1.165, 1.54) is 28.6 Å². The first-order chi connectivity index (χ1) is 17.2. The van der Waals surface area contributed by atoms with Crippen LogP contribution in [0.15, 0.2) is 76.2 Å². The molecule has 0 saturated carbocycles. The van der Waals surface area contributed by atoms with Gasteiger partial charge in [0.1, 0.15) is 16.5 Å². The molecule has 2 aromatic carbocycles. The van der Waals surface area contributed by atoms with Gasteiger partial charge in [0, 0.05) is 23.7 Å². The van der Waals surface area contributed by atoms with E-state index in [9.17, 15) is 18.0 Å². The van der Waals surface area contributed by atoms with E-state index < -0.39 is 16.1 Å². The highest BCUT2D eigenvalue weighted by Gasteiger charge is 2.36. The van der Waals surface area contributed by atoms with E-state index in [1.807, 2.05) is 0 Å². The van der Waals surface area contributed by atoms with E-state index in [2.05, 4.69) is 31.5 Å². The molecule has 36 heavy (non-hydrogen) atoms. The number of halogens is 2. The summed E-state index contributed by atoms with van der Waals surface area (Å²) in [5, 5.41) is 5.96. The number of sulfonamides is 1. The zero-order valence-electron chi connectivity index (χ0n) is 19.2. The molecule has 1 aromatic heterocycles. The van der Waals surface area contributed by atoms with Crippen LogP contribution in [0.4, 0.5) is 5.82 Å². The van der Waals surface area contributed by atoms with Crippen molar-refractivity contribution in [3.05, 3.63) is 87.5 Å². The van der Waals surface area contributed by atoms with E-state index in [0.717, 1.165) is 12.8 Å². The van der Waals surface area contributed by atoms with Crippen LogP contribution in [0, 0.1) is 0 Å². The van der Waals surface area contributed by atoms with E-state index in [4.69, 9.17) is 11.6 Å². The van der Waals surface area contributed by atoms with Crippen molar-refractivity contribution in [1.29, 1.82) is 0 Å². The average Bonchev–Trinajstić information content (AvgIpc) is 3.07. The van der Waals surface area contributed by atoms with Gasteiger partial charge in [-0.2, -0.15) is 4.31 Å². The number of nitrogens with one attached hydrogen (secondary N) is 2. The zero-order chi connectivity index (χ0) is 25.7. The van der Waals surface area contributed by atoms with Gasteiger partial charge in [0.05, 0.1) is 4.90 Å². The van der Waals surface area contributed by atoms with Crippen LogP contribution in [0.3, 0.4) is 0 Å². The van der Waals surface area contributed by atoms with E-state index in [-0.39, 0.29) is 23.3 Å². The first-order valence-electron chi connectivity index (χ1n) is 11.3. The molecule has 1 atom stereocenters. The molecule has 11 heteroatoms. The molecule has 0 unspecified atom stereocenters. The summed E-state index contributed by atoms with van der Waals surface area (Å²) in [5.41, 5.74) is 1.03. The maximum absolute atomic E-state index is 13.6. The van der Waals surface area contributed by atoms with E-state index in [1.54, 1.807) is 42.5 Å². The molecule has 8 nitrogen and oxygen atoms in total. The highest BCUT2D eigenvalue weighted by Crippen LogP contribution is 2.26. The number of amides is 2. The Morgan fingerprint density at radius 2 is 1.81 bits per heavy atom. The smallest absolute Gasteiger partial charge is 0.256 e. The van der Waals surface area contributed by atoms with Gasteiger partial charge in [0.25, 0.3) is 5.91 Å². The standard InChI is InChI=1S/C25H24BrClN4O4S/c26-22-5-3-6-23(29-22)30-24(32)18-9-7-17(8-10-18)16-31(21-4-1-2-15-28-25(21)33)36(34,35)20-13-11-19(27)12-14-20/h3,5-14,21H,1-2,4,15-16H2,(H,28,33)(H,29,30,32)/t21-/m1/s1. The molecule has 0 aliphatic carbocycles. The molecule has 2 N–H and O–H groups in total. The molecular weight excluding hydrogens is 568 g/mol. The zero-order valence-corrected chi connectivity index (χ0v) is 22.3. The second-order valence-electron chi connectivity index (χ2n) is 8.30. The van der Waals surface area contributed by atoms with Crippen LogP contribution < -0.4 is 10.6 Å². The third-order valence-corrected chi connectivity index (χ3v) is 8.35. The van der Waals surface area contributed by atoms with Gasteiger partial charge >= 0.3 is 0 Å². The van der Waals surface area contributed by atoms with Crippen molar-refractivity contribution in [3.63, 3.8) is 0 Å². The van der Waals surface area contributed by atoms with Crippen LogP contribution in [0.5, 0.6) is 0 Å². The highest BCUT2D eigenvalue weighted by molar-refractivity contribution is 9.10. The maximum Gasteiger partial charge on any atom is 0.256 e. The second-order valence-corrected chi connectivity index (χ2v) is 11.4. The molecule has 188 valence electrons. The van der Waals surface area contributed by atoms with Gasteiger partial charge in [-0.05, 0) is 89.3 Å². The number of carbonyl (C=O) groups is 2. The Balaban J connectivity index is 1.59. The number of benzene rings is 2. The Bertz CT molecular complexity index is 1350. The first kappa shape index (κ1) is 26.3. The molecule has 2 heterocycles. The summed E-state index contributed by atoms with van der Waals surface area (Å²) < 4.78 is 29.1. The monoisotopic (exact) mass is 590 g/mol. The fourth-order valence-corrected chi connectivity index (χ4v) is 5.99. The van der Waals surface area contributed by atoms with Crippen LogP contribution >= 0.6 is 27.5 Å². The quantitative estimate of drug-likeness (QED) is 0.390. The number of hydrogen-bond donors (Lipinski definition) is 2. The van der Waals surface area contributed by atoms with Gasteiger partial charge in [-0.15, -0.1) is 0 Å². The summed E-state index contributed by atoms with van der Waals surface area (Å²) in [7, 11) is -4.01. The summed E-state index contributed by atoms with van der Waals surface area (Å²) in [4.78, 5) is 29.7. The molecule has 0 bridgehead atoms. The molecular formula is C25H24BrClN4O4S. The van der Waals surface area contributed by atoms with Crippen LogP contribution in [-0.4, -0.2) is 42.1 Å². The largest absolute Gasteiger partial charge is 0.355 e. The minimum absolute atomic E-state index is 0.0296. The average molecular weight is 592 g/mol. The van der Waals surface area contributed by atoms with Crippen LogP contribution in [0.25, 0.3) is 0 Å². The van der Waals surface area contributed by atoms with Crippen molar-refractivity contribution in [2.75, 3.05) is 11.9 Å². The maximum atomic E-state index is 13.6. The summed E-state index contributed by atoms with van der Waals surface area (Å²) in [6, 6.07) is 16.8. The van der Waals surface area contributed by atoms with Gasteiger partial charge < -0.3 is 10.6 Å². The lowest BCUT2D eigenvalue weighted by Crippen LogP contribution is -2.48. The van der Waals surface area contributed by atoms with Crippen molar-refractivity contribution in [3.8, 4) is 0 Å². The number of carbonyl (C=O) groups excluding carboxylic acids is 2. The Morgan fingerprint density at radius 1 is 1.08 bits per heavy atom. The minimum atomic E-state index is -4.01. The lowest BCUT2D eigenvalue weighted by Gasteiger charge is -2.29. The lowest BCUT2D eigenvalue weighted by molar-refractivity contribution is -0.124. The molecule has 3 aromatic rings. The van der Waals surface area contributed by atoms with Crippen molar-refractivity contribution < 1.29 is 18.0 Å². The Labute approximate surface area is 223 Å². The molecule has 0 radical (unpaired) electrons. The van der Waals surface area contributed by atoms with Crippen molar-refractivity contribution in [2.45, 2.75) is 36.7 Å². The molecule has 0 spiro atoms. The van der Waals surface area contributed by atoms with E-state index in [0.29, 0.717) is 39.5 Å². The molecule has 1 fully saturated rings. The number of hydrogen-bond acceptors (Lipinski definition) is 5. The Hall–Kier alpha value is -2.79. The number of rotatable bonds is 7. The van der Waals surface area contributed by atoms with Gasteiger partial charge in [0.15, 0.2) is 0 Å². The van der Waals surface area contributed by atoms with Crippen molar-refractivity contribution in [2.24, 2.45) is 0 Å². The molecule has 1 aliphatic heterocycles. The van der Waals surface area contributed by atoms with E-state index >= 15 is 0 Å². The third kappa shape index (κ3) is 6.31. The predicted molar refractivity (Wildman–Crippen MR) is 141 cm³/mol.